The van der Waals surface area contributed by atoms with E-state index in [9.17, 15) is 9.59 Å². The van der Waals surface area contributed by atoms with E-state index in [2.05, 4.69) is 20.6 Å². The summed E-state index contributed by atoms with van der Waals surface area (Å²) in [7, 11) is 3.91. The average Bonchev–Trinajstić information content (AvgIpc) is 3.06. The standard InChI is InChI=1S/C19H26N6O2/c1-24(2)11-9-21-18(26)16-15-7-3-4-10-25(15)17(23-16)19(27)22-13-14-6-5-8-20-12-14/h5-6,8,12H,3-4,7,9-11,13H2,1-2H3,(H,21,26)(H,22,27). The molecule has 0 saturated heterocycles. The Morgan fingerprint density at radius 2 is 2.07 bits per heavy atom. The van der Waals surface area contributed by atoms with Crippen molar-refractivity contribution < 1.29 is 9.59 Å². The second-order valence-corrected chi connectivity index (χ2v) is 6.94. The van der Waals surface area contributed by atoms with Gasteiger partial charge >= 0.3 is 0 Å². The molecule has 0 aliphatic carbocycles. The Bertz CT molecular complexity index is 800. The largest absolute Gasteiger partial charge is 0.349 e. The molecule has 144 valence electrons. The molecule has 27 heavy (non-hydrogen) atoms. The Morgan fingerprint density at radius 3 is 2.81 bits per heavy atom. The average molecular weight is 370 g/mol. The predicted octanol–water partition coefficient (Wildman–Crippen LogP) is 0.836. The van der Waals surface area contributed by atoms with Crippen LogP contribution >= 0.6 is 0 Å². The number of nitrogens with zero attached hydrogens (tertiary/aromatic N) is 4. The second kappa shape index (κ2) is 8.77. The summed E-state index contributed by atoms with van der Waals surface area (Å²) < 4.78 is 1.89. The van der Waals surface area contributed by atoms with Gasteiger partial charge in [0.25, 0.3) is 11.8 Å². The van der Waals surface area contributed by atoms with E-state index in [1.54, 1.807) is 12.4 Å². The molecule has 3 heterocycles. The minimum atomic E-state index is -0.269. The Kier molecular flexibility index (Phi) is 6.18. The highest BCUT2D eigenvalue weighted by atomic mass is 16.2. The molecule has 2 N–H and O–H groups in total. The van der Waals surface area contributed by atoms with E-state index >= 15 is 0 Å². The SMILES string of the molecule is CN(C)CCNC(=O)c1nc(C(=O)NCc2cccnc2)n2c1CCCC2. The van der Waals surface area contributed by atoms with Crippen LogP contribution in [0, 0.1) is 0 Å². The number of rotatable bonds is 7. The molecule has 0 saturated carbocycles. The highest BCUT2D eigenvalue weighted by Gasteiger charge is 2.27. The highest BCUT2D eigenvalue weighted by Crippen LogP contribution is 2.21. The van der Waals surface area contributed by atoms with Gasteiger partial charge in [-0.2, -0.15) is 0 Å². The van der Waals surface area contributed by atoms with Crippen LogP contribution in [-0.2, 0) is 19.5 Å². The number of likely N-dealkylation sites (N-methyl/N-ethyl adjacent to an activating group) is 1. The van der Waals surface area contributed by atoms with Crippen LogP contribution in [0.15, 0.2) is 24.5 Å². The van der Waals surface area contributed by atoms with Crippen molar-refractivity contribution in [3.05, 3.63) is 47.3 Å². The van der Waals surface area contributed by atoms with Crippen molar-refractivity contribution in [1.29, 1.82) is 0 Å². The first-order valence-electron chi connectivity index (χ1n) is 9.25. The lowest BCUT2D eigenvalue weighted by molar-refractivity contribution is 0.0935. The van der Waals surface area contributed by atoms with Crippen molar-refractivity contribution >= 4 is 11.8 Å². The van der Waals surface area contributed by atoms with E-state index in [0.29, 0.717) is 31.2 Å². The van der Waals surface area contributed by atoms with Crippen molar-refractivity contribution in [1.82, 2.24) is 30.1 Å². The monoisotopic (exact) mass is 370 g/mol. The van der Waals surface area contributed by atoms with Gasteiger partial charge < -0.3 is 20.1 Å². The zero-order chi connectivity index (χ0) is 19.2. The fraction of sp³-hybridized carbons (Fsp3) is 0.474. The molecule has 2 aromatic rings. The summed E-state index contributed by atoms with van der Waals surface area (Å²) in [6.45, 7) is 2.38. The number of fused-ring (bicyclic) bond motifs is 1. The Morgan fingerprint density at radius 1 is 1.22 bits per heavy atom. The number of amides is 2. The smallest absolute Gasteiger partial charge is 0.287 e. The number of nitrogens with one attached hydrogen (secondary N) is 2. The molecular formula is C19H26N6O2. The summed E-state index contributed by atoms with van der Waals surface area (Å²) in [5, 5.41) is 5.77. The summed E-state index contributed by atoms with van der Waals surface area (Å²) in [4.78, 5) is 35.7. The molecule has 0 radical (unpaired) electrons. The normalized spacial score (nSPS) is 13.3. The van der Waals surface area contributed by atoms with Gasteiger partial charge in [0.05, 0.1) is 5.69 Å². The molecule has 2 aromatic heterocycles. The quantitative estimate of drug-likeness (QED) is 0.753. The molecule has 1 aliphatic heterocycles. The molecule has 1 aliphatic rings. The van der Waals surface area contributed by atoms with Gasteiger partial charge in [-0.3, -0.25) is 14.6 Å². The third kappa shape index (κ3) is 4.71. The first kappa shape index (κ1) is 19.0. The van der Waals surface area contributed by atoms with E-state index in [1.807, 2.05) is 35.7 Å². The number of aromatic nitrogens is 3. The fourth-order valence-corrected chi connectivity index (χ4v) is 3.14. The number of pyridine rings is 1. The maximum atomic E-state index is 12.7. The molecule has 8 heteroatoms. The van der Waals surface area contributed by atoms with E-state index in [1.165, 1.54) is 0 Å². The molecule has 8 nitrogen and oxygen atoms in total. The number of hydrogen-bond acceptors (Lipinski definition) is 5. The zero-order valence-corrected chi connectivity index (χ0v) is 15.9. The van der Waals surface area contributed by atoms with Crippen LogP contribution < -0.4 is 10.6 Å². The Labute approximate surface area is 159 Å². The van der Waals surface area contributed by atoms with E-state index in [-0.39, 0.29) is 11.8 Å². The zero-order valence-electron chi connectivity index (χ0n) is 15.9. The maximum Gasteiger partial charge on any atom is 0.287 e. The molecule has 3 rings (SSSR count). The van der Waals surface area contributed by atoms with Crippen molar-refractivity contribution in [3.8, 4) is 0 Å². The van der Waals surface area contributed by atoms with Crippen LogP contribution in [-0.4, -0.2) is 58.4 Å². The number of imidazole rings is 1. The summed E-state index contributed by atoms with van der Waals surface area (Å²) in [6, 6.07) is 3.73. The first-order valence-corrected chi connectivity index (χ1v) is 9.25. The summed E-state index contributed by atoms with van der Waals surface area (Å²) in [6.07, 6.45) is 6.15. The van der Waals surface area contributed by atoms with Crippen LogP contribution in [0.1, 0.15) is 45.2 Å². The van der Waals surface area contributed by atoms with Crippen molar-refractivity contribution in [2.75, 3.05) is 27.2 Å². The van der Waals surface area contributed by atoms with E-state index in [4.69, 9.17) is 0 Å². The number of carbonyl (C=O) groups excluding carboxylic acids is 2. The Balaban J connectivity index is 1.74. The summed E-state index contributed by atoms with van der Waals surface area (Å²) in [5.41, 5.74) is 2.15. The van der Waals surface area contributed by atoms with Gasteiger partial charge in [0.1, 0.15) is 5.69 Å². The summed E-state index contributed by atoms with van der Waals surface area (Å²) in [5.74, 6) is -0.172. The van der Waals surface area contributed by atoms with Gasteiger partial charge in [0.2, 0.25) is 0 Å². The van der Waals surface area contributed by atoms with Crippen molar-refractivity contribution in [3.63, 3.8) is 0 Å². The van der Waals surface area contributed by atoms with Gasteiger partial charge in [-0.25, -0.2) is 4.98 Å². The molecular weight excluding hydrogens is 344 g/mol. The lowest BCUT2D eigenvalue weighted by Crippen LogP contribution is -2.32. The van der Waals surface area contributed by atoms with Crippen LogP contribution in [0.25, 0.3) is 0 Å². The molecule has 0 aromatic carbocycles. The van der Waals surface area contributed by atoms with Gasteiger partial charge in [0, 0.05) is 38.6 Å². The van der Waals surface area contributed by atoms with E-state index < -0.39 is 0 Å². The molecule has 0 atom stereocenters. The van der Waals surface area contributed by atoms with Crippen LogP contribution in [0.3, 0.4) is 0 Å². The lowest BCUT2D eigenvalue weighted by Gasteiger charge is -2.17. The summed E-state index contributed by atoms with van der Waals surface area (Å²) >= 11 is 0. The van der Waals surface area contributed by atoms with Gasteiger partial charge in [0.15, 0.2) is 5.82 Å². The number of hydrogen-bond donors (Lipinski definition) is 2. The molecule has 0 spiro atoms. The van der Waals surface area contributed by atoms with Crippen LogP contribution in [0.2, 0.25) is 0 Å². The van der Waals surface area contributed by atoms with Gasteiger partial charge in [-0.05, 0) is 45.0 Å². The number of carbonyl (C=O) groups is 2. The fourth-order valence-electron chi connectivity index (χ4n) is 3.14. The Hall–Kier alpha value is -2.74. The van der Waals surface area contributed by atoms with Gasteiger partial charge in [-0.15, -0.1) is 0 Å². The molecule has 0 bridgehead atoms. The van der Waals surface area contributed by atoms with Crippen LogP contribution in [0.4, 0.5) is 0 Å². The maximum absolute atomic E-state index is 12.7. The minimum Gasteiger partial charge on any atom is -0.349 e. The lowest BCUT2D eigenvalue weighted by atomic mass is 10.1. The van der Waals surface area contributed by atoms with Crippen molar-refractivity contribution in [2.24, 2.45) is 0 Å². The topological polar surface area (TPSA) is 92.2 Å². The molecule has 0 unspecified atom stereocenters. The molecule has 2 amide bonds. The van der Waals surface area contributed by atoms with Crippen LogP contribution in [0.5, 0.6) is 0 Å². The minimum absolute atomic E-state index is 0.214. The second-order valence-electron chi connectivity index (χ2n) is 6.94. The first-order chi connectivity index (χ1) is 13.1. The third-order valence-electron chi connectivity index (χ3n) is 4.56. The predicted molar refractivity (Wildman–Crippen MR) is 101 cm³/mol. The van der Waals surface area contributed by atoms with Gasteiger partial charge in [-0.1, -0.05) is 6.07 Å². The third-order valence-corrected chi connectivity index (χ3v) is 4.56. The molecule has 0 fully saturated rings. The van der Waals surface area contributed by atoms with E-state index in [0.717, 1.165) is 37.1 Å². The highest BCUT2D eigenvalue weighted by molar-refractivity contribution is 5.97. The van der Waals surface area contributed by atoms with Crippen molar-refractivity contribution in [2.45, 2.75) is 32.4 Å².